The van der Waals surface area contributed by atoms with Crippen molar-refractivity contribution in [1.29, 1.82) is 0 Å². The molecule has 4 aromatic rings. The zero-order chi connectivity index (χ0) is 17.7. The van der Waals surface area contributed by atoms with Crippen LogP contribution < -0.4 is 0 Å². The lowest BCUT2D eigenvalue weighted by atomic mass is 9.82. The third kappa shape index (κ3) is 2.47. The van der Waals surface area contributed by atoms with Crippen molar-refractivity contribution in [3.63, 3.8) is 0 Å². The van der Waals surface area contributed by atoms with E-state index in [9.17, 15) is 0 Å². The molecule has 2 heterocycles. The predicted molar refractivity (Wildman–Crippen MR) is 118 cm³/mol. The molecule has 2 heteroatoms. The maximum Gasteiger partial charge on any atom is 0.0351 e. The summed E-state index contributed by atoms with van der Waals surface area (Å²) in [7, 11) is 0. The number of thiophene rings is 2. The van der Waals surface area contributed by atoms with E-state index in [-0.39, 0.29) is 0 Å². The van der Waals surface area contributed by atoms with Crippen molar-refractivity contribution in [2.45, 2.75) is 39.5 Å². The molecule has 0 aliphatic heterocycles. The molecule has 0 fully saturated rings. The van der Waals surface area contributed by atoms with Crippen LogP contribution in [0, 0.1) is 13.8 Å². The minimum atomic E-state index is 1.21. The number of aryl methyl sites for hydroxylation is 2. The Morgan fingerprint density at radius 3 is 1.50 bits per heavy atom. The Bertz CT molecular complexity index is 1060. The van der Waals surface area contributed by atoms with Gasteiger partial charge in [0, 0.05) is 29.9 Å². The van der Waals surface area contributed by atoms with Gasteiger partial charge in [0.15, 0.2) is 0 Å². The Morgan fingerprint density at radius 2 is 1.04 bits per heavy atom. The maximum atomic E-state index is 2.31. The number of benzene rings is 2. The van der Waals surface area contributed by atoms with Crippen LogP contribution in [0.2, 0.25) is 0 Å². The van der Waals surface area contributed by atoms with Gasteiger partial charge in [-0.1, -0.05) is 36.4 Å². The normalized spacial score (nSPS) is 15.3. The summed E-state index contributed by atoms with van der Waals surface area (Å²) >= 11 is 3.90. The fourth-order valence-electron chi connectivity index (χ4n) is 4.54. The highest BCUT2D eigenvalue weighted by atomic mass is 32.1. The van der Waals surface area contributed by atoms with Gasteiger partial charge in [-0.15, -0.1) is 22.7 Å². The summed E-state index contributed by atoms with van der Waals surface area (Å²) in [5.74, 6) is 0. The van der Waals surface area contributed by atoms with E-state index in [1.54, 1.807) is 11.1 Å². The van der Waals surface area contributed by atoms with Crippen LogP contribution in [0.3, 0.4) is 0 Å². The van der Waals surface area contributed by atoms with Crippen LogP contribution in [0.25, 0.3) is 31.3 Å². The summed E-state index contributed by atoms with van der Waals surface area (Å²) in [6.45, 7) is 4.61. The molecule has 0 unspecified atom stereocenters. The lowest BCUT2D eigenvalue weighted by molar-refractivity contribution is 0.754. The molecule has 0 bridgehead atoms. The van der Waals surface area contributed by atoms with E-state index in [0.29, 0.717) is 0 Å². The summed E-state index contributed by atoms with van der Waals surface area (Å²) in [6.07, 6.45) is 5.04. The zero-order valence-electron chi connectivity index (χ0n) is 15.3. The zero-order valence-corrected chi connectivity index (χ0v) is 16.9. The minimum absolute atomic E-state index is 1.21. The second-order valence-corrected chi connectivity index (χ2v) is 9.74. The Hall–Kier alpha value is -1.90. The van der Waals surface area contributed by atoms with Gasteiger partial charge in [-0.2, -0.15) is 0 Å². The fourth-order valence-corrected chi connectivity index (χ4v) is 6.73. The molecular formula is C24H22S2. The van der Waals surface area contributed by atoms with Gasteiger partial charge < -0.3 is 0 Å². The molecule has 0 atom stereocenters. The highest BCUT2D eigenvalue weighted by molar-refractivity contribution is 7.19. The maximum absolute atomic E-state index is 2.31. The minimum Gasteiger partial charge on any atom is -0.140 e. The van der Waals surface area contributed by atoms with Crippen LogP contribution >= 0.6 is 22.7 Å². The van der Waals surface area contributed by atoms with Crippen LogP contribution in [0.4, 0.5) is 0 Å². The molecule has 26 heavy (non-hydrogen) atoms. The highest BCUT2D eigenvalue weighted by Crippen LogP contribution is 2.47. The van der Waals surface area contributed by atoms with Crippen molar-refractivity contribution in [2.24, 2.45) is 0 Å². The first-order valence-electron chi connectivity index (χ1n) is 9.43. The number of allylic oxidation sites excluding steroid dienone is 2. The third-order valence-electron chi connectivity index (χ3n) is 5.61. The van der Waals surface area contributed by atoms with Gasteiger partial charge >= 0.3 is 0 Å². The van der Waals surface area contributed by atoms with Crippen molar-refractivity contribution in [3.8, 4) is 0 Å². The van der Waals surface area contributed by atoms with Gasteiger partial charge in [0.05, 0.1) is 0 Å². The molecule has 5 rings (SSSR count). The molecule has 2 aromatic carbocycles. The van der Waals surface area contributed by atoms with Crippen LogP contribution in [-0.4, -0.2) is 0 Å². The van der Waals surface area contributed by atoms with Gasteiger partial charge in [-0.05, 0) is 73.9 Å². The summed E-state index contributed by atoms with van der Waals surface area (Å²) in [6, 6.07) is 17.9. The molecule has 0 nitrogen and oxygen atoms in total. The molecule has 0 N–H and O–H groups in total. The van der Waals surface area contributed by atoms with Crippen molar-refractivity contribution >= 4 is 54.0 Å². The average Bonchev–Trinajstić information content (AvgIpc) is 3.17. The Kier molecular flexibility index (Phi) is 3.99. The SMILES string of the molecule is Cc1sc2ccccc2c1C1=C(c2c(C)sc3ccccc23)CCCC1. The average molecular weight is 375 g/mol. The lowest BCUT2D eigenvalue weighted by Crippen LogP contribution is -2.00. The number of hydrogen-bond acceptors (Lipinski definition) is 2. The quantitative estimate of drug-likeness (QED) is 0.331. The molecular weight excluding hydrogens is 352 g/mol. The Morgan fingerprint density at radius 1 is 0.615 bits per heavy atom. The topological polar surface area (TPSA) is 0 Å². The monoisotopic (exact) mass is 374 g/mol. The van der Waals surface area contributed by atoms with Crippen molar-refractivity contribution in [2.75, 3.05) is 0 Å². The van der Waals surface area contributed by atoms with Gasteiger partial charge in [0.25, 0.3) is 0 Å². The first-order chi connectivity index (χ1) is 12.7. The summed E-state index contributed by atoms with van der Waals surface area (Å²) < 4.78 is 2.84. The van der Waals surface area contributed by atoms with E-state index in [1.165, 1.54) is 66.7 Å². The van der Waals surface area contributed by atoms with Crippen LogP contribution in [0.15, 0.2) is 48.5 Å². The van der Waals surface area contributed by atoms with E-state index >= 15 is 0 Å². The first-order valence-corrected chi connectivity index (χ1v) is 11.1. The predicted octanol–water partition coefficient (Wildman–Crippen LogP) is 8.22. The van der Waals surface area contributed by atoms with Crippen LogP contribution in [0.1, 0.15) is 46.6 Å². The van der Waals surface area contributed by atoms with Crippen LogP contribution in [0.5, 0.6) is 0 Å². The van der Waals surface area contributed by atoms with E-state index in [0.717, 1.165) is 0 Å². The molecule has 0 radical (unpaired) electrons. The molecule has 1 aliphatic carbocycles. The second kappa shape index (κ2) is 6.37. The Labute approximate surface area is 162 Å². The molecule has 0 saturated carbocycles. The lowest BCUT2D eigenvalue weighted by Gasteiger charge is -2.22. The molecule has 0 spiro atoms. The Balaban J connectivity index is 1.84. The number of hydrogen-bond donors (Lipinski definition) is 0. The summed E-state index contributed by atoms with van der Waals surface area (Å²) in [5, 5.41) is 2.89. The van der Waals surface area contributed by atoms with Crippen LogP contribution in [-0.2, 0) is 0 Å². The van der Waals surface area contributed by atoms with Crippen molar-refractivity contribution < 1.29 is 0 Å². The van der Waals surface area contributed by atoms with Crippen molar-refractivity contribution in [3.05, 3.63) is 69.4 Å². The molecule has 2 aromatic heterocycles. The molecule has 1 aliphatic rings. The largest absolute Gasteiger partial charge is 0.140 e. The smallest absolute Gasteiger partial charge is 0.0351 e. The highest BCUT2D eigenvalue weighted by Gasteiger charge is 2.23. The molecule has 0 amide bonds. The second-order valence-electron chi connectivity index (χ2n) is 7.22. The van der Waals surface area contributed by atoms with Gasteiger partial charge in [-0.3, -0.25) is 0 Å². The van der Waals surface area contributed by atoms with Gasteiger partial charge in [0.2, 0.25) is 0 Å². The fraction of sp³-hybridized carbons (Fsp3) is 0.250. The van der Waals surface area contributed by atoms with E-state index in [2.05, 4.69) is 62.4 Å². The van der Waals surface area contributed by atoms with E-state index in [1.807, 2.05) is 22.7 Å². The van der Waals surface area contributed by atoms with Crippen molar-refractivity contribution in [1.82, 2.24) is 0 Å². The third-order valence-corrected chi connectivity index (χ3v) is 7.79. The van der Waals surface area contributed by atoms with Gasteiger partial charge in [-0.25, -0.2) is 0 Å². The van der Waals surface area contributed by atoms with Gasteiger partial charge in [0.1, 0.15) is 0 Å². The number of rotatable bonds is 2. The number of fused-ring (bicyclic) bond motifs is 2. The molecule has 130 valence electrons. The summed E-state index contributed by atoms with van der Waals surface area (Å²) in [4.78, 5) is 2.94. The standard InChI is InChI=1S/C24H22S2/c1-15-23(19-11-5-7-13-21(19)25-15)17-9-3-4-10-18(17)24-16(2)26-22-14-8-6-12-20(22)24/h5-8,11-14H,3-4,9-10H2,1-2H3. The first kappa shape index (κ1) is 16.3. The van der Waals surface area contributed by atoms with E-state index < -0.39 is 0 Å². The van der Waals surface area contributed by atoms with E-state index in [4.69, 9.17) is 0 Å². The summed E-state index contributed by atoms with van der Waals surface area (Å²) in [5.41, 5.74) is 6.26. The molecule has 0 saturated heterocycles.